The van der Waals surface area contributed by atoms with Gasteiger partial charge >= 0.3 is 0 Å². The van der Waals surface area contributed by atoms with Gasteiger partial charge in [0.15, 0.2) is 0 Å². The fraction of sp³-hybridized carbons (Fsp3) is 0.333. The molecule has 0 amide bonds. The van der Waals surface area contributed by atoms with Gasteiger partial charge in [-0.05, 0) is 30.7 Å². The summed E-state index contributed by atoms with van der Waals surface area (Å²) in [6.07, 6.45) is 3.29. The van der Waals surface area contributed by atoms with Gasteiger partial charge in [-0.15, -0.1) is 0 Å². The van der Waals surface area contributed by atoms with Gasteiger partial charge in [-0.1, -0.05) is 12.1 Å². The molecule has 1 atom stereocenters. The van der Waals surface area contributed by atoms with Crippen LogP contribution in [0.1, 0.15) is 24.0 Å². The number of aromatic nitrogens is 2. The van der Waals surface area contributed by atoms with Gasteiger partial charge in [0.25, 0.3) is 0 Å². The Bertz CT molecular complexity index is 523. The Balaban J connectivity index is 2.09. The molecule has 1 aromatic carbocycles. The summed E-state index contributed by atoms with van der Waals surface area (Å²) in [4.78, 5) is 8.83. The van der Waals surface area contributed by atoms with E-state index >= 15 is 0 Å². The van der Waals surface area contributed by atoms with Crippen LogP contribution in [0.3, 0.4) is 0 Å². The number of benzene rings is 1. The monoisotopic (exact) mass is 257 g/mol. The zero-order chi connectivity index (χ0) is 13.7. The number of ether oxygens (including phenoxy) is 1. The Hall–Kier alpha value is -1.94. The van der Waals surface area contributed by atoms with E-state index in [0.29, 0.717) is 0 Å². The van der Waals surface area contributed by atoms with Crippen molar-refractivity contribution in [1.82, 2.24) is 9.97 Å². The molecule has 0 saturated carbocycles. The minimum absolute atomic E-state index is 0.115. The van der Waals surface area contributed by atoms with Gasteiger partial charge in [0, 0.05) is 30.8 Å². The summed E-state index contributed by atoms with van der Waals surface area (Å²) in [7, 11) is 1.66. The molecule has 2 N–H and O–H groups in total. The van der Waals surface area contributed by atoms with E-state index in [4.69, 9.17) is 10.5 Å². The minimum Gasteiger partial charge on any atom is -0.497 e. The fourth-order valence-electron chi connectivity index (χ4n) is 1.90. The standard InChI is InChI=1S/C15H19N3O/c1-11(16)9-13-7-8-17-15(18-13)10-12-3-5-14(19-2)6-4-12/h3-8,11H,9-10,16H2,1-2H3. The molecule has 1 unspecified atom stereocenters. The van der Waals surface area contributed by atoms with Gasteiger partial charge in [-0.3, -0.25) is 0 Å². The lowest BCUT2D eigenvalue weighted by Crippen LogP contribution is -2.19. The van der Waals surface area contributed by atoms with Crippen LogP contribution in [0.2, 0.25) is 0 Å². The molecule has 0 saturated heterocycles. The summed E-state index contributed by atoms with van der Waals surface area (Å²) in [6, 6.07) is 9.98. The van der Waals surface area contributed by atoms with E-state index in [-0.39, 0.29) is 6.04 Å². The number of hydrogen-bond donors (Lipinski definition) is 1. The normalized spacial score (nSPS) is 12.2. The van der Waals surface area contributed by atoms with E-state index in [9.17, 15) is 0 Å². The summed E-state index contributed by atoms with van der Waals surface area (Å²) in [5.74, 6) is 1.68. The van der Waals surface area contributed by atoms with E-state index in [2.05, 4.69) is 9.97 Å². The third-order valence-electron chi connectivity index (χ3n) is 2.82. The highest BCUT2D eigenvalue weighted by atomic mass is 16.5. The highest BCUT2D eigenvalue weighted by molar-refractivity contribution is 5.28. The zero-order valence-electron chi connectivity index (χ0n) is 11.3. The van der Waals surface area contributed by atoms with Crippen molar-refractivity contribution in [2.24, 2.45) is 5.73 Å². The number of nitrogens with two attached hydrogens (primary N) is 1. The molecule has 0 aliphatic rings. The van der Waals surface area contributed by atoms with Gasteiger partial charge in [0.1, 0.15) is 11.6 Å². The van der Waals surface area contributed by atoms with Gasteiger partial charge in [-0.2, -0.15) is 0 Å². The maximum Gasteiger partial charge on any atom is 0.132 e. The summed E-state index contributed by atoms with van der Waals surface area (Å²) < 4.78 is 5.14. The van der Waals surface area contributed by atoms with Crippen molar-refractivity contribution in [3.8, 4) is 5.75 Å². The lowest BCUT2D eigenvalue weighted by atomic mass is 10.1. The van der Waals surface area contributed by atoms with Crippen LogP contribution in [-0.2, 0) is 12.8 Å². The molecule has 0 aliphatic carbocycles. The van der Waals surface area contributed by atoms with E-state index in [1.165, 1.54) is 5.56 Å². The molecule has 19 heavy (non-hydrogen) atoms. The van der Waals surface area contributed by atoms with Gasteiger partial charge in [0.2, 0.25) is 0 Å². The van der Waals surface area contributed by atoms with E-state index in [1.807, 2.05) is 37.3 Å². The maximum absolute atomic E-state index is 5.78. The van der Waals surface area contributed by atoms with Crippen LogP contribution in [0.25, 0.3) is 0 Å². The minimum atomic E-state index is 0.115. The van der Waals surface area contributed by atoms with Crippen LogP contribution >= 0.6 is 0 Å². The molecule has 0 spiro atoms. The molecule has 4 heteroatoms. The number of hydrogen-bond acceptors (Lipinski definition) is 4. The van der Waals surface area contributed by atoms with E-state index in [1.54, 1.807) is 13.3 Å². The first-order valence-electron chi connectivity index (χ1n) is 6.36. The molecule has 0 fully saturated rings. The predicted molar refractivity (Wildman–Crippen MR) is 75.2 cm³/mol. The van der Waals surface area contributed by atoms with Crippen molar-refractivity contribution < 1.29 is 4.74 Å². The molecule has 1 aromatic heterocycles. The second kappa shape index (κ2) is 6.29. The summed E-state index contributed by atoms with van der Waals surface area (Å²) in [5.41, 5.74) is 7.94. The van der Waals surface area contributed by atoms with Crippen molar-refractivity contribution in [2.75, 3.05) is 7.11 Å². The van der Waals surface area contributed by atoms with Crippen LogP contribution < -0.4 is 10.5 Å². The van der Waals surface area contributed by atoms with Crippen LogP contribution in [0.15, 0.2) is 36.5 Å². The Morgan fingerprint density at radius 1 is 1.21 bits per heavy atom. The highest BCUT2D eigenvalue weighted by Crippen LogP contribution is 2.13. The summed E-state index contributed by atoms with van der Waals surface area (Å²) in [6.45, 7) is 1.98. The second-order valence-electron chi connectivity index (χ2n) is 4.67. The molecule has 1 heterocycles. The molecule has 0 aliphatic heterocycles. The molecule has 2 aromatic rings. The molecule has 2 rings (SSSR count). The van der Waals surface area contributed by atoms with Crippen molar-refractivity contribution in [3.05, 3.63) is 53.6 Å². The quantitative estimate of drug-likeness (QED) is 0.889. The average Bonchev–Trinajstić information content (AvgIpc) is 2.39. The van der Waals surface area contributed by atoms with Crippen molar-refractivity contribution in [1.29, 1.82) is 0 Å². The molecule has 0 bridgehead atoms. The molecule has 0 radical (unpaired) electrons. The number of rotatable bonds is 5. The smallest absolute Gasteiger partial charge is 0.132 e. The SMILES string of the molecule is COc1ccc(Cc2nccc(CC(C)N)n2)cc1. The largest absolute Gasteiger partial charge is 0.497 e. The van der Waals surface area contributed by atoms with Gasteiger partial charge < -0.3 is 10.5 Å². The van der Waals surface area contributed by atoms with Gasteiger partial charge in [0.05, 0.1) is 7.11 Å². The fourth-order valence-corrected chi connectivity index (χ4v) is 1.90. The van der Waals surface area contributed by atoms with Crippen molar-refractivity contribution in [2.45, 2.75) is 25.8 Å². The first kappa shape index (κ1) is 13.5. The lowest BCUT2D eigenvalue weighted by Gasteiger charge is -2.06. The van der Waals surface area contributed by atoms with Crippen molar-refractivity contribution in [3.63, 3.8) is 0 Å². The molecule has 100 valence electrons. The van der Waals surface area contributed by atoms with Crippen LogP contribution in [-0.4, -0.2) is 23.1 Å². The predicted octanol–water partition coefficient (Wildman–Crippen LogP) is 1.97. The van der Waals surface area contributed by atoms with E-state index < -0.39 is 0 Å². The molecule has 4 nitrogen and oxygen atoms in total. The first-order chi connectivity index (χ1) is 9.17. The van der Waals surface area contributed by atoms with Gasteiger partial charge in [-0.25, -0.2) is 9.97 Å². The number of nitrogens with zero attached hydrogens (tertiary/aromatic N) is 2. The van der Waals surface area contributed by atoms with Crippen LogP contribution in [0, 0.1) is 0 Å². The Kier molecular flexibility index (Phi) is 4.47. The Labute approximate surface area is 113 Å². The molecular formula is C15H19N3O. The highest BCUT2D eigenvalue weighted by Gasteiger charge is 2.04. The Morgan fingerprint density at radius 3 is 2.58 bits per heavy atom. The van der Waals surface area contributed by atoms with E-state index in [0.717, 1.165) is 30.1 Å². The first-order valence-corrected chi connectivity index (χ1v) is 6.36. The third-order valence-corrected chi connectivity index (χ3v) is 2.82. The summed E-state index contributed by atoms with van der Waals surface area (Å²) in [5, 5.41) is 0. The van der Waals surface area contributed by atoms with Crippen LogP contribution in [0.4, 0.5) is 0 Å². The molecular weight excluding hydrogens is 238 g/mol. The Morgan fingerprint density at radius 2 is 1.95 bits per heavy atom. The second-order valence-corrected chi connectivity index (χ2v) is 4.67. The maximum atomic E-state index is 5.78. The van der Waals surface area contributed by atoms with Crippen LogP contribution in [0.5, 0.6) is 5.75 Å². The lowest BCUT2D eigenvalue weighted by molar-refractivity contribution is 0.414. The zero-order valence-corrected chi connectivity index (χ0v) is 11.3. The third kappa shape index (κ3) is 4.03. The van der Waals surface area contributed by atoms with Crippen molar-refractivity contribution >= 4 is 0 Å². The average molecular weight is 257 g/mol. The number of methoxy groups -OCH3 is 1. The topological polar surface area (TPSA) is 61.0 Å². The summed E-state index contributed by atoms with van der Waals surface area (Å²) >= 11 is 0.